The highest BCUT2D eigenvalue weighted by molar-refractivity contribution is 5.95. The molecule has 2 aliphatic carbocycles. The Morgan fingerprint density at radius 2 is 0.963 bits per heavy atom. The van der Waals surface area contributed by atoms with E-state index >= 15 is 0 Å². The number of carbonyl (C=O) groups is 12. The lowest BCUT2D eigenvalue weighted by atomic mass is 9.82. The summed E-state index contributed by atoms with van der Waals surface area (Å²) in [6, 6.07) is 7.75. The molecule has 0 bridgehead atoms. The molecule has 0 radical (unpaired) electrons. The molecule has 0 spiro atoms. The summed E-state index contributed by atoms with van der Waals surface area (Å²) >= 11 is 0. The maximum absolute atomic E-state index is 13.2. The third-order valence-corrected chi connectivity index (χ3v) is 12.5. The zero-order valence-electron chi connectivity index (χ0n) is 45.9. The number of hydrogen-bond donors (Lipinski definition) is 0. The first-order valence-electron chi connectivity index (χ1n) is 26.4. The fourth-order valence-electron chi connectivity index (χ4n) is 8.03. The second-order valence-corrected chi connectivity index (χ2v) is 18.1. The van der Waals surface area contributed by atoms with Crippen molar-refractivity contribution in [3.63, 3.8) is 0 Å². The highest BCUT2D eigenvalue weighted by Crippen LogP contribution is 2.35. The van der Waals surface area contributed by atoms with Crippen molar-refractivity contribution in [1.29, 1.82) is 0 Å². The zero-order valence-corrected chi connectivity index (χ0v) is 45.9. The van der Waals surface area contributed by atoms with Crippen LogP contribution in [0.5, 0.6) is 23.0 Å². The van der Waals surface area contributed by atoms with Gasteiger partial charge in [0.1, 0.15) is 72.8 Å². The van der Waals surface area contributed by atoms with Crippen LogP contribution < -0.4 is 18.9 Å². The van der Waals surface area contributed by atoms with Crippen LogP contribution in [0.25, 0.3) is 0 Å². The van der Waals surface area contributed by atoms with Crippen molar-refractivity contribution in [2.45, 2.75) is 129 Å². The van der Waals surface area contributed by atoms with Gasteiger partial charge in [0.05, 0.1) is 57.7 Å². The summed E-state index contributed by atoms with van der Waals surface area (Å²) in [6.07, 6.45) is 7.15. The standard InChI is InChI=1S/C41H44O18.C16H26O6/c1-4-34(43)53-19-20-54-35(44)17-18-36(45)56-27-11-9-26(10-12-27)37(46)57-29-14-16-33(31(22-29)41(50)52-3)59-39(48)25-7-5-24(6-8-25)38(47)58-32-15-13-28(55-23-42)21-30(32)40(49)51-2;1-4-7-8-13(5-2)22-16(19)10-9-15(18)21-12-11-20-14(17)6-3/h4,13-16,21-27H,1,5-12,17-20H2,2-3H3;6,13H,3-5,7-12H2,1-2H3. The van der Waals surface area contributed by atoms with Crippen LogP contribution in [0, 0.1) is 17.8 Å². The number of benzene rings is 2. The van der Waals surface area contributed by atoms with E-state index in [1.165, 1.54) is 36.4 Å². The first-order chi connectivity index (χ1) is 38.9. The van der Waals surface area contributed by atoms with Gasteiger partial charge in [0.15, 0.2) is 0 Å². The number of carbonyl (C=O) groups excluding carboxylic acids is 12. The molecule has 2 aromatic rings. The third-order valence-electron chi connectivity index (χ3n) is 12.5. The molecule has 0 heterocycles. The number of ether oxygens (including phenoxy) is 12. The van der Waals surface area contributed by atoms with Crippen molar-refractivity contribution in [2.75, 3.05) is 40.6 Å². The Morgan fingerprint density at radius 3 is 1.41 bits per heavy atom. The number of unbranched alkanes of at least 4 members (excludes halogenated alkanes) is 1. The van der Waals surface area contributed by atoms with E-state index < -0.39 is 89.5 Å². The van der Waals surface area contributed by atoms with Gasteiger partial charge in [-0.2, -0.15) is 0 Å². The highest BCUT2D eigenvalue weighted by atomic mass is 16.6. The Hall–Kier alpha value is -8.44. The van der Waals surface area contributed by atoms with Gasteiger partial charge in [-0.05, 0) is 101 Å². The molecule has 0 aliphatic heterocycles. The minimum atomic E-state index is -0.848. The largest absolute Gasteiger partial charge is 0.465 e. The Kier molecular flexibility index (Phi) is 30.3. The molecular formula is C57H70O24. The minimum absolute atomic E-state index is 0.00605. The molecule has 2 aromatic carbocycles. The fourth-order valence-corrected chi connectivity index (χ4v) is 8.03. The quantitative estimate of drug-likeness (QED) is 0.0195. The lowest BCUT2D eigenvalue weighted by Gasteiger charge is -2.27. The number of hydrogen-bond acceptors (Lipinski definition) is 24. The van der Waals surface area contributed by atoms with Gasteiger partial charge < -0.3 is 56.8 Å². The van der Waals surface area contributed by atoms with Crippen molar-refractivity contribution in [1.82, 2.24) is 0 Å². The smallest absolute Gasteiger partial charge is 0.341 e. The van der Waals surface area contributed by atoms with Gasteiger partial charge in [-0.1, -0.05) is 39.8 Å². The average molecular weight is 1140 g/mol. The van der Waals surface area contributed by atoms with E-state index in [0.717, 1.165) is 52.1 Å². The zero-order chi connectivity index (χ0) is 59.7. The molecule has 0 aromatic heterocycles. The van der Waals surface area contributed by atoms with E-state index in [4.69, 9.17) is 52.1 Å². The van der Waals surface area contributed by atoms with Gasteiger partial charge in [-0.15, -0.1) is 0 Å². The summed E-state index contributed by atoms with van der Waals surface area (Å²) < 4.78 is 60.8. The van der Waals surface area contributed by atoms with Gasteiger partial charge in [0.2, 0.25) is 0 Å². The maximum atomic E-state index is 13.2. The van der Waals surface area contributed by atoms with E-state index in [-0.39, 0.29) is 124 Å². The van der Waals surface area contributed by atoms with E-state index in [2.05, 4.69) is 24.8 Å². The van der Waals surface area contributed by atoms with Crippen LogP contribution in [-0.2, 0) is 85.8 Å². The van der Waals surface area contributed by atoms with Crippen LogP contribution >= 0.6 is 0 Å². The van der Waals surface area contributed by atoms with Crippen molar-refractivity contribution >= 4 is 72.1 Å². The highest BCUT2D eigenvalue weighted by Gasteiger charge is 2.34. The van der Waals surface area contributed by atoms with Crippen LogP contribution in [0.2, 0.25) is 0 Å². The molecule has 1 unspecified atom stereocenters. The molecule has 2 fully saturated rings. The van der Waals surface area contributed by atoms with Crippen molar-refractivity contribution in [3.05, 3.63) is 72.8 Å². The summed E-state index contributed by atoms with van der Waals surface area (Å²) in [4.78, 5) is 144. The first-order valence-corrected chi connectivity index (χ1v) is 26.4. The molecule has 2 aliphatic rings. The Morgan fingerprint density at radius 1 is 0.543 bits per heavy atom. The van der Waals surface area contributed by atoms with Gasteiger partial charge in [-0.3, -0.25) is 38.4 Å². The molecule has 0 saturated heterocycles. The molecule has 24 nitrogen and oxygen atoms in total. The average Bonchev–Trinajstić information content (AvgIpc) is 3.51. The molecule has 442 valence electrons. The molecule has 81 heavy (non-hydrogen) atoms. The molecule has 1 atom stereocenters. The van der Waals surface area contributed by atoms with Gasteiger partial charge in [0, 0.05) is 12.2 Å². The SMILES string of the molecule is C=CC(=O)OCCOC(=O)CCC(=O)OC(CC)CCCC.C=CC(=O)OCCOC(=O)CCC(=O)OC1CCC(C(=O)Oc2ccc(OC(=O)C3CCC(C(=O)Oc4ccc(OC=O)cc4C(=O)OC)CC3)c(C(=O)OC)c2)CC1. The van der Waals surface area contributed by atoms with Crippen LogP contribution in [0.4, 0.5) is 0 Å². The van der Waals surface area contributed by atoms with Crippen molar-refractivity contribution in [2.24, 2.45) is 17.8 Å². The van der Waals surface area contributed by atoms with E-state index in [1.807, 2.05) is 6.92 Å². The summed E-state index contributed by atoms with van der Waals surface area (Å²) in [5.41, 5.74) is -0.284. The van der Waals surface area contributed by atoms with Gasteiger partial charge in [-0.25, -0.2) is 19.2 Å². The minimum Gasteiger partial charge on any atom is -0.465 e. The van der Waals surface area contributed by atoms with Gasteiger partial charge >= 0.3 is 65.7 Å². The Bertz CT molecular complexity index is 2520. The normalized spacial score (nSPS) is 16.5. The lowest BCUT2D eigenvalue weighted by Crippen LogP contribution is -2.31. The fraction of sp³-hybridized carbons (Fsp3) is 0.509. The number of rotatable bonds is 30. The number of esters is 11. The molecule has 0 amide bonds. The first kappa shape index (κ1) is 66.8. The maximum Gasteiger partial charge on any atom is 0.341 e. The van der Waals surface area contributed by atoms with Crippen LogP contribution in [-0.4, -0.2) is 125 Å². The molecule has 4 rings (SSSR count). The molecule has 24 heteroatoms. The van der Waals surface area contributed by atoms with E-state index in [9.17, 15) is 57.5 Å². The lowest BCUT2D eigenvalue weighted by molar-refractivity contribution is -0.156. The second-order valence-electron chi connectivity index (χ2n) is 18.1. The van der Waals surface area contributed by atoms with Crippen LogP contribution in [0.1, 0.15) is 137 Å². The molecule has 0 N–H and O–H groups in total. The van der Waals surface area contributed by atoms with E-state index in [1.54, 1.807) is 0 Å². The predicted molar refractivity (Wildman–Crippen MR) is 279 cm³/mol. The van der Waals surface area contributed by atoms with Crippen LogP contribution in [0.15, 0.2) is 61.7 Å². The van der Waals surface area contributed by atoms with Crippen molar-refractivity contribution in [3.8, 4) is 23.0 Å². The summed E-state index contributed by atoms with van der Waals surface area (Å²) in [5, 5.41) is 0. The van der Waals surface area contributed by atoms with E-state index in [0.29, 0.717) is 25.7 Å². The van der Waals surface area contributed by atoms with Crippen molar-refractivity contribution < 1.29 is 114 Å². The molecular weight excluding hydrogens is 1070 g/mol. The monoisotopic (exact) mass is 1140 g/mol. The summed E-state index contributed by atoms with van der Waals surface area (Å²) in [6.45, 7) is 10.3. The Labute approximate surface area is 468 Å². The van der Waals surface area contributed by atoms with Crippen LogP contribution in [0.3, 0.4) is 0 Å². The third kappa shape index (κ3) is 24.6. The predicted octanol–water partition coefficient (Wildman–Crippen LogP) is 6.72. The number of methoxy groups -OCH3 is 2. The van der Waals surface area contributed by atoms with Gasteiger partial charge in [0.25, 0.3) is 6.47 Å². The topological polar surface area (TPSA) is 316 Å². The second kappa shape index (κ2) is 36.7. The Balaban J connectivity index is 0.000000659. The summed E-state index contributed by atoms with van der Waals surface area (Å²) in [7, 11) is 2.28. The summed E-state index contributed by atoms with van der Waals surface area (Å²) in [5.74, 6) is -8.79. The molecule has 2 saturated carbocycles.